The largest absolute Gasteiger partial charge is 0.478 e. The highest BCUT2D eigenvalue weighted by molar-refractivity contribution is 8.27. The van der Waals surface area contributed by atoms with E-state index in [0.29, 0.717) is 32.0 Å². The number of hydrogen-bond acceptors (Lipinski definition) is 5. The molecule has 1 amide bonds. The lowest BCUT2D eigenvalue weighted by molar-refractivity contribution is -0.113. The van der Waals surface area contributed by atoms with E-state index in [1.165, 1.54) is 35.2 Å². The summed E-state index contributed by atoms with van der Waals surface area (Å²) in [4.78, 5) is 25.5. The quantitative estimate of drug-likeness (QED) is 0.458. The Morgan fingerprint density at radius 2 is 1.93 bits per heavy atom. The number of furan rings is 1. The SMILES string of the molecule is O=C(O)c1cccc(-c2ccc(/C=C3\SC(=S)N(c4cccc(F)c4)C3=O)o2)c1. The van der Waals surface area contributed by atoms with Crippen LogP contribution in [0.25, 0.3) is 17.4 Å². The highest BCUT2D eigenvalue weighted by atomic mass is 32.2. The molecule has 0 bridgehead atoms. The Labute approximate surface area is 174 Å². The van der Waals surface area contributed by atoms with Crippen LogP contribution in [0.5, 0.6) is 0 Å². The molecule has 1 fully saturated rings. The average molecular weight is 425 g/mol. The van der Waals surface area contributed by atoms with Gasteiger partial charge in [-0.15, -0.1) is 0 Å². The van der Waals surface area contributed by atoms with Gasteiger partial charge in [0.25, 0.3) is 5.91 Å². The molecule has 1 aliphatic rings. The number of carboxylic acids is 1. The molecule has 0 aliphatic carbocycles. The molecule has 1 saturated heterocycles. The van der Waals surface area contributed by atoms with E-state index < -0.39 is 11.8 Å². The summed E-state index contributed by atoms with van der Waals surface area (Å²) in [7, 11) is 0. The second-order valence-electron chi connectivity index (χ2n) is 6.08. The second kappa shape index (κ2) is 7.65. The lowest BCUT2D eigenvalue weighted by atomic mass is 10.1. The number of carbonyl (C=O) groups excluding carboxylic acids is 1. The molecule has 2 aromatic carbocycles. The third-order valence-corrected chi connectivity index (χ3v) is 5.46. The van der Waals surface area contributed by atoms with E-state index >= 15 is 0 Å². The van der Waals surface area contributed by atoms with Gasteiger partial charge in [-0.25, -0.2) is 9.18 Å². The molecular formula is C21H12FNO4S2. The van der Waals surface area contributed by atoms with Crippen molar-refractivity contribution in [2.45, 2.75) is 0 Å². The molecule has 144 valence electrons. The first-order valence-electron chi connectivity index (χ1n) is 8.39. The van der Waals surface area contributed by atoms with Gasteiger partial charge in [0.2, 0.25) is 0 Å². The molecule has 8 heteroatoms. The highest BCUT2D eigenvalue weighted by Gasteiger charge is 2.33. The van der Waals surface area contributed by atoms with E-state index in [1.54, 1.807) is 36.4 Å². The minimum atomic E-state index is -1.03. The second-order valence-corrected chi connectivity index (χ2v) is 7.76. The maximum absolute atomic E-state index is 13.5. The maximum atomic E-state index is 13.5. The summed E-state index contributed by atoms with van der Waals surface area (Å²) in [5.41, 5.74) is 1.12. The minimum absolute atomic E-state index is 0.149. The Balaban J connectivity index is 1.61. The number of rotatable bonds is 4. The smallest absolute Gasteiger partial charge is 0.335 e. The highest BCUT2D eigenvalue weighted by Crippen LogP contribution is 2.36. The summed E-state index contributed by atoms with van der Waals surface area (Å²) in [5, 5.41) is 9.12. The molecule has 29 heavy (non-hydrogen) atoms. The summed E-state index contributed by atoms with van der Waals surface area (Å²) in [6.07, 6.45) is 1.56. The lowest BCUT2D eigenvalue weighted by Crippen LogP contribution is -2.27. The van der Waals surface area contributed by atoms with Crippen LogP contribution >= 0.6 is 24.0 Å². The van der Waals surface area contributed by atoms with Crippen LogP contribution in [-0.4, -0.2) is 21.3 Å². The number of hydrogen-bond donors (Lipinski definition) is 1. The Morgan fingerprint density at radius 3 is 2.69 bits per heavy atom. The first-order valence-corrected chi connectivity index (χ1v) is 9.62. The molecule has 0 unspecified atom stereocenters. The van der Waals surface area contributed by atoms with Crippen molar-refractivity contribution < 1.29 is 23.5 Å². The van der Waals surface area contributed by atoms with Crippen molar-refractivity contribution in [3.05, 3.63) is 82.7 Å². The van der Waals surface area contributed by atoms with Crippen LogP contribution in [0.3, 0.4) is 0 Å². The number of amides is 1. The van der Waals surface area contributed by atoms with Crippen LogP contribution in [0.15, 0.2) is 70.0 Å². The molecule has 5 nitrogen and oxygen atoms in total. The van der Waals surface area contributed by atoms with Crippen LogP contribution in [0.1, 0.15) is 16.1 Å². The van der Waals surface area contributed by atoms with Gasteiger partial charge in [0.05, 0.1) is 16.2 Å². The monoisotopic (exact) mass is 425 g/mol. The zero-order chi connectivity index (χ0) is 20.5. The first kappa shape index (κ1) is 19.1. The Morgan fingerprint density at radius 1 is 1.14 bits per heavy atom. The summed E-state index contributed by atoms with van der Waals surface area (Å²) in [6.45, 7) is 0. The molecule has 0 atom stereocenters. The first-order chi connectivity index (χ1) is 13.9. The third kappa shape index (κ3) is 3.85. The van der Waals surface area contributed by atoms with Crippen molar-refractivity contribution >= 4 is 51.9 Å². The summed E-state index contributed by atoms with van der Waals surface area (Å²) >= 11 is 6.37. The van der Waals surface area contributed by atoms with Crippen molar-refractivity contribution in [1.82, 2.24) is 0 Å². The molecule has 0 saturated carbocycles. The average Bonchev–Trinajstić information content (AvgIpc) is 3.26. The van der Waals surface area contributed by atoms with Crippen LogP contribution in [0, 0.1) is 5.82 Å². The van der Waals surface area contributed by atoms with Gasteiger partial charge >= 0.3 is 5.97 Å². The van der Waals surface area contributed by atoms with Crippen LogP contribution in [0.4, 0.5) is 10.1 Å². The molecule has 0 radical (unpaired) electrons. The third-order valence-electron chi connectivity index (χ3n) is 4.15. The number of aromatic carboxylic acids is 1. The van der Waals surface area contributed by atoms with E-state index in [9.17, 15) is 14.0 Å². The Kier molecular flexibility index (Phi) is 5.04. The Hall–Kier alpha value is -3.23. The van der Waals surface area contributed by atoms with E-state index in [0.717, 1.165) is 11.8 Å². The van der Waals surface area contributed by atoms with E-state index in [-0.39, 0.29) is 11.5 Å². The molecule has 2 heterocycles. The number of thioether (sulfide) groups is 1. The van der Waals surface area contributed by atoms with Gasteiger partial charge < -0.3 is 9.52 Å². The molecule has 3 aromatic rings. The molecule has 4 rings (SSSR count). The van der Waals surface area contributed by atoms with Crippen LogP contribution in [0.2, 0.25) is 0 Å². The predicted octanol–water partition coefficient (Wildman–Crippen LogP) is 5.19. The zero-order valence-electron chi connectivity index (χ0n) is 14.7. The van der Waals surface area contributed by atoms with Crippen molar-refractivity contribution in [2.75, 3.05) is 4.90 Å². The standard InChI is InChI=1S/C21H12FNO4S2/c22-14-5-2-6-15(10-14)23-19(24)18(29-21(23)28)11-16-7-8-17(27-16)12-3-1-4-13(9-12)20(25)26/h1-11H,(H,25,26)/b18-11-. The van der Waals surface area contributed by atoms with Gasteiger partial charge in [-0.2, -0.15) is 0 Å². The molecule has 1 N–H and O–H groups in total. The fourth-order valence-electron chi connectivity index (χ4n) is 2.83. The maximum Gasteiger partial charge on any atom is 0.335 e. The summed E-state index contributed by atoms with van der Waals surface area (Å²) in [5.74, 6) is -0.962. The van der Waals surface area contributed by atoms with E-state index in [1.807, 2.05) is 0 Å². The normalized spacial score (nSPS) is 15.3. The molecule has 0 spiro atoms. The number of halogens is 1. The Bertz CT molecular complexity index is 1180. The number of carbonyl (C=O) groups is 2. The van der Waals surface area contributed by atoms with Crippen molar-refractivity contribution in [3.63, 3.8) is 0 Å². The van der Waals surface area contributed by atoms with Crippen molar-refractivity contribution in [2.24, 2.45) is 0 Å². The molecular weight excluding hydrogens is 413 g/mol. The number of benzene rings is 2. The lowest BCUT2D eigenvalue weighted by Gasteiger charge is -2.14. The van der Waals surface area contributed by atoms with Gasteiger partial charge in [0.15, 0.2) is 4.32 Å². The van der Waals surface area contributed by atoms with Gasteiger partial charge in [0, 0.05) is 11.6 Å². The predicted molar refractivity (Wildman–Crippen MR) is 113 cm³/mol. The van der Waals surface area contributed by atoms with Gasteiger partial charge in [-0.3, -0.25) is 9.69 Å². The minimum Gasteiger partial charge on any atom is -0.478 e. The number of nitrogens with zero attached hydrogens (tertiary/aromatic N) is 1. The van der Waals surface area contributed by atoms with Crippen molar-refractivity contribution in [3.8, 4) is 11.3 Å². The number of carboxylic acid groups (broad SMARTS) is 1. The van der Waals surface area contributed by atoms with Crippen LogP contribution < -0.4 is 4.90 Å². The summed E-state index contributed by atoms with van der Waals surface area (Å²) < 4.78 is 19.6. The fourth-order valence-corrected chi connectivity index (χ4v) is 4.10. The fraction of sp³-hybridized carbons (Fsp3) is 0. The molecule has 1 aromatic heterocycles. The molecule has 1 aliphatic heterocycles. The number of anilines is 1. The van der Waals surface area contributed by atoms with Crippen LogP contribution in [-0.2, 0) is 4.79 Å². The number of thiocarbonyl (C=S) groups is 1. The van der Waals surface area contributed by atoms with E-state index in [4.69, 9.17) is 21.7 Å². The summed E-state index contributed by atoms with van der Waals surface area (Å²) in [6, 6.07) is 15.4. The van der Waals surface area contributed by atoms with Crippen molar-refractivity contribution in [1.29, 1.82) is 0 Å². The van der Waals surface area contributed by atoms with Gasteiger partial charge in [-0.05, 0) is 42.5 Å². The van der Waals surface area contributed by atoms with Gasteiger partial charge in [-0.1, -0.05) is 42.2 Å². The topological polar surface area (TPSA) is 70.8 Å². The van der Waals surface area contributed by atoms with E-state index in [2.05, 4.69) is 0 Å². The van der Waals surface area contributed by atoms with Gasteiger partial charge in [0.1, 0.15) is 17.3 Å². The zero-order valence-corrected chi connectivity index (χ0v) is 16.3.